The van der Waals surface area contributed by atoms with Gasteiger partial charge in [0, 0.05) is 7.05 Å². The molecule has 1 heterocycles. The van der Waals surface area contributed by atoms with Crippen LogP contribution in [0.2, 0.25) is 0 Å². The molecule has 0 atom stereocenters. The first kappa shape index (κ1) is 19.2. The van der Waals surface area contributed by atoms with E-state index in [1.807, 2.05) is 0 Å². The van der Waals surface area contributed by atoms with Crippen molar-refractivity contribution in [3.05, 3.63) is 24.3 Å². The standard InChI is InChI=1S/C13H20N2O4S2.ClH/c1-15(20(2,16)17)11-3-5-12(6-4-11)21(18,19)13-7-9-14-10-8-13;/h3-6,13-14H,7-10H2,1-2H3;1H. The van der Waals surface area contributed by atoms with Gasteiger partial charge in [0.05, 0.1) is 22.1 Å². The van der Waals surface area contributed by atoms with Crippen LogP contribution in [0.4, 0.5) is 5.69 Å². The molecule has 1 aliphatic rings. The van der Waals surface area contributed by atoms with Gasteiger partial charge in [-0.15, -0.1) is 12.4 Å². The van der Waals surface area contributed by atoms with Gasteiger partial charge in [-0.05, 0) is 50.2 Å². The minimum Gasteiger partial charge on any atom is -0.317 e. The maximum Gasteiger partial charge on any atom is 0.231 e. The molecule has 0 bridgehead atoms. The number of halogens is 1. The molecular formula is C13H21ClN2O4S2. The van der Waals surface area contributed by atoms with Crippen molar-refractivity contribution in [2.24, 2.45) is 0 Å². The van der Waals surface area contributed by atoms with Gasteiger partial charge in [0.15, 0.2) is 9.84 Å². The number of sulfonamides is 1. The highest BCUT2D eigenvalue weighted by molar-refractivity contribution is 7.92. The highest BCUT2D eigenvalue weighted by atomic mass is 35.5. The fraction of sp³-hybridized carbons (Fsp3) is 0.538. The van der Waals surface area contributed by atoms with Crippen molar-refractivity contribution in [3.8, 4) is 0 Å². The summed E-state index contributed by atoms with van der Waals surface area (Å²) in [7, 11) is -5.26. The summed E-state index contributed by atoms with van der Waals surface area (Å²) in [6.07, 6.45) is 2.31. The zero-order chi connectivity index (χ0) is 15.7. The normalized spacial score (nSPS) is 16.8. The van der Waals surface area contributed by atoms with Crippen molar-refractivity contribution in [3.63, 3.8) is 0 Å². The SMILES string of the molecule is CN(c1ccc(S(=O)(=O)C2CCNCC2)cc1)S(C)(=O)=O.Cl. The van der Waals surface area contributed by atoms with Crippen LogP contribution in [-0.2, 0) is 19.9 Å². The van der Waals surface area contributed by atoms with Gasteiger partial charge in [0.25, 0.3) is 0 Å². The van der Waals surface area contributed by atoms with Crippen LogP contribution in [0.1, 0.15) is 12.8 Å². The summed E-state index contributed by atoms with van der Waals surface area (Å²) in [5, 5.41) is 2.78. The molecule has 1 aliphatic heterocycles. The first-order chi connectivity index (χ1) is 9.73. The molecule has 0 amide bonds. The Morgan fingerprint density at radius 2 is 1.55 bits per heavy atom. The van der Waals surface area contributed by atoms with Crippen LogP contribution in [-0.4, -0.2) is 48.5 Å². The van der Waals surface area contributed by atoms with Crippen molar-refractivity contribution in [2.75, 3.05) is 30.7 Å². The second kappa shape index (κ2) is 7.16. The van der Waals surface area contributed by atoms with E-state index in [1.54, 1.807) is 0 Å². The smallest absolute Gasteiger partial charge is 0.231 e. The van der Waals surface area contributed by atoms with Crippen LogP contribution < -0.4 is 9.62 Å². The van der Waals surface area contributed by atoms with Crippen molar-refractivity contribution in [2.45, 2.75) is 23.0 Å². The molecule has 0 saturated carbocycles. The van der Waals surface area contributed by atoms with Crippen LogP contribution in [0.3, 0.4) is 0 Å². The van der Waals surface area contributed by atoms with Gasteiger partial charge < -0.3 is 5.32 Å². The van der Waals surface area contributed by atoms with Crippen molar-refractivity contribution < 1.29 is 16.8 Å². The Balaban J connectivity index is 0.00000242. The minimum absolute atomic E-state index is 0. The maximum atomic E-state index is 12.5. The van der Waals surface area contributed by atoms with E-state index in [1.165, 1.54) is 31.3 Å². The fourth-order valence-corrected chi connectivity index (χ4v) is 4.60. The number of anilines is 1. The topological polar surface area (TPSA) is 83.6 Å². The molecule has 0 spiro atoms. The number of rotatable bonds is 4. The molecule has 1 saturated heterocycles. The average molecular weight is 369 g/mol. The number of sulfone groups is 1. The maximum absolute atomic E-state index is 12.5. The molecular weight excluding hydrogens is 348 g/mol. The van der Waals surface area contributed by atoms with E-state index in [0.717, 1.165) is 10.6 Å². The number of hydrogen-bond acceptors (Lipinski definition) is 5. The second-order valence-electron chi connectivity index (χ2n) is 5.22. The molecule has 2 rings (SSSR count). The van der Waals surface area contributed by atoms with E-state index < -0.39 is 19.9 Å². The summed E-state index contributed by atoms with van der Waals surface area (Å²) in [6.45, 7) is 1.41. The molecule has 9 heteroatoms. The number of benzene rings is 1. The van der Waals surface area contributed by atoms with Crippen LogP contribution in [0.5, 0.6) is 0 Å². The molecule has 1 aromatic rings. The Bertz CT molecular complexity index is 696. The number of nitrogens with one attached hydrogen (secondary N) is 1. The van der Waals surface area contributed by atoms with E-state index >= 15 is 0 Å². The molecule has 1 fully saturated rings. The van der Waals surface area contributed by atoms with Gasteiger partial charge >= 0.3 is 0 Å². The average Bonchev–Trinajstić information content (AvgIpc) is 2.46. The summed E-state index contributed by atoms with van der Waals surface area (Å²) in [5.41, 5.74) is 0.446. The predicted molar refractivity (Wildman–Crippen MR) is 90.0 cm³/mol. The largest absolute Gasteiger partial charge is 0.317 e. The van der Waals surface area contributed by atoms with Gasteiger partial charge in [0.1, 0.15) is 0 Å². The zero-order valence-corrected chi connectivity index (χ0v) is 15.0. The zero-order valence-electron chi connectivity index (χ0n) is 12.5. The van der Waals surface area contributed by atoms with E-state index in [0.29, 0.717) is 31.6 Å². The molecule has 0 radical (unpaired) electrons. The minimum atomic E-state index is -3.35. The molecule has 0 unspecified atom stereocenters. The lowest BCUT2D eigenvalue weighted by molar-refractivity contribution is 0.496. The van der Waals surface area contributed by atoms with Crippen molar-refractivity contribution in [1.29, 1.82) is 0 Å². The van der Waals surface area contributed by atoms with E-state index in [9.17, 15) is 16.8 Å². The lowest BCUT2D eigenvalue weighted by atomic mass is 10.2. The Kier molecular flexibility index (Phi) is 6.26. The van der Waals surface area contributed by atoms with Crippen molar-refractivity contribution >= 4 is 38.0 Å². The molecule has 6 nitrogen and oxygen atoms in total. The molecule has 126 valence electrons. The Morgan fingerprint density at radius 1 is 1.05 bits per heavy atom. The summed E-state index contributed by atoms with van der Waals surface area (Å²) in [5.74, 6) is 0. The Morgan fingerprint density at radius 3 is 2.00 bits per heavy atom. The van der Waals surface area contributed by atoms with Gasteiger partial charge in [-0.2, -0.15) is 0 Å². The lowest BCUT2D eigenvalue weighted by Gasteiger charge is -2.23. The van der Waals surface area contributed by atoms with Crippen molar-refractivity contribution in [1.82, 2.24) is 5.32 Å². The third-order valence-electron chi connectivity index (χ3n) is 3.75. The number of hydrogen-bond donors (Lipinski definition) is 1. The van der Waals surface area contributed by atoms with E-state index in [2.05, 4.69) is 5.32 Å². The van der Waals surface area contributed by atoms with Gasteiger partial charge in [-0.1, -0.05) is 0 Å². The van der Waals surface area contributed by atoms with Gasteiger partial charge in [0.2, 0.25) is 10.0 Å². The quantitative estimate of drug-likeness (QED) is 0.858. The van der Waals surface area contributed by atoms with E-state index in [-0.39, 0.29) is 22.6 Å². The van der Waals surface area contributed by atoms with Crippen LogP contribution in [0.25, 0.3) is 0 Å². The number of piperidine rings is 1. The predicted octanol–water partition coefficient (Wildman–Crippen LogP) is 1.03. The van der Waals surface area contributed by atoms with Crippen LogP contribution in [0.15, 0.2) is 29.2 Å². The molecule has 1 N–H and O–H groups in total. The van der Waals surface area contributed by atoms with Crippen LogP contribution >= 0.6 is 12.4 Å². The first-order valence-electron chi connectivity index (χ1n) is 6.71. The highest BCUT2D eigenvalue weighted by Gasteiger charge is 2.28. The summed E-state index contributed by atoms with van der Waals surface area (Å²) in [4.78, 5) is 0.250. The number of nitrogens with zero attached hydrogens (tertiary/aromatic N) is 1. The summed E-state index contributed by atoms with van der Waals surface area (Å²) < 4.78 is 49.1. The molecule has 0 aromatic heterocycles. The highest BCUT2D eigenvalue weighted by Crippen LogP contribution is 2.25. The molecule has 0 aliphatic carbocycles. The fourth-order valence-electron chi connectivity index (χ4n) is 2.34. The Labute approximate surface area is 138 Å². The summed E-state index contributed by atoms with van der Waals surface area (Å²) in [6, 6.07) is 6.01. The monoisotopic (exact) mass is 368 g/mol. The van der Waals surface area contributed by atoms with E-state index in [4.69, 9.17) is 0 Å². The Hall–Kier alpha value is -0.830. The third-order valence-corrected chi connectivity index (χ3v) is 7.24. The summed E-state index contributed by atoms with van der Waals surface area (Å²) >= 11 is 0. The lowest BCUT2D eigenvalue weighted by Crippen LogP contribution is -2.35. The van der Waals surface area contributed by atoms with Gasteiger partial charge in [-0.3, -0.25) is 4.31 Å². The molecule has 1 aromatic carbocycles. The third kappa shape index (κ3) is 4.13. The second-order valence-corrected chi connectivity index (χ2v) is 9.46. The molecule has 22 heavy (non-hydrogen) atoms. The first-order valence-corrected chi connectivity index (χ1v) is 10.1. The van der Waals surface area contributed by atoms with Crippen LogP contribution in [0, 0.1) is 0 Å². The van der Waals surface area contributed by atoms with Gasteiger partial charge in [-0.25, -0.2) is 16.8 Å².